The molecule has 1 aliphatic carbocycles. The maximum atomic E-state index is 12.6. The lowest BCUT2D eigenvalue weighted by Gasteiger charge is -2.30. The van der Waals surface area contributed by atoms with E-state index in [-0.39, 0.29) is 16.7 Å². The van der Waals surface area contributed by atoms with Crippen molar-refractivity contribution in [2.24, 2.45) is 0 Å². The number of rotatable bonds is 5. The van der Waals surface area contributed by atoms with Gasteiger partial charge in [-0.15, -0.1) is 0 Å². The van der Waals surface area contributed by atoms with Gasteiger partial charge in [-0.3, -0.25) is 14.9 Å². The highest BCUT2D eigenvalue weighted by molar-refractivity contribution is 6.31. The number of halogens is 1. The molecule has 2 aromatic rings. The molecule has 0 aromatic heterocycles. The minimum atomic E-state index is -0.562. The molecule has 0 atom stereocenters. The van der Waals surface area contributed by atoms with Crippen LogP contribution in [0.5, 0.6) is 0 Å². The highest BCUT2D eigenvalue weighted by Gasteiger charge is 2.36. The summed E-state index contributed by atoms with van der Waals surface area (Å²) in [6, 6.07) is 14.2. The first-order chi connectivity index (χ1) is 12.0. The van der Waals surface area contributed by atoms with E-state index in [1.807, 2.05) is 18.2 Å². The molecular formula is C19H19ClN2O3. The van der Waals surface area contributed by atoms with E-state index in [1.165, 1.54) is 23.8 Å². The molecule has 0 unspecified atom stereocenters. The number of nitro benzene ring substituents is 1. The quantitative estimate of drug-likeness (QED) is 0.632. The zero-order valence-electron chi connectivity index (χ0n) is 13.7. The molecule has 1 saturated carbocycles. The summed E-state index contributed by atoms with van der Waals surface area (Å²) in [5, 5.41) is 14.4. The Morgan fingerprint density at radius 3 is 2.48 bits per heavy atom. The standard InChI is InChI=1S/C19H19ClN2O3/c20-15-8-9-17(22(24)25)16(12-15)18(23)21-13-19(10-4-5-11-19)14-6-2-1-3-7-14/h1-3,6-9,12H,4-5,10-11,13H2,(H,21,23). The van der Waals surface area contributed by atoms with E-state index in [0.717, 1.165) is 25.7 Å². The molecule has 0 saturated heterocycles. The molecule has 3 rings (SSSR count). The van der Waals surface area contributed by atoms with Gasteiger partial charge in [0.05, 0.1) is 4.92 Å². The fourth-order valence-electron chi connectivity index (χ4n) is 3.61. The Labute approximate surface area is 151 Å². The van der Waals surface area contributed by atoms with Crippen molar-refractivity contribution >= 4 is 23.2 Å². The molecule has 1 N–H and O–H groups in total. The summed E-state index contributed by atoms with van der Waals surface area (Å²) in [4.78, 5) is 23.2. The van der Waals surface area contributed by atoms with Crippen molar-refractivity contribution in [2.75, 3.05) is 6.54 Å². The van der Waals surface area contributed by atoms with E-state index in [0.29, 0.717) is 11.6 Å². The minimum absolute atomic E-state index is 0.00120. The molecule has 0 aliphatic heterocycles. The Hall–Kier alpha value is -2.40. The number of nitrogens with zero attached hydrogens (tertiary/aromatic N) is 1. The maximum Gasteiger partial charge on any atom is 0.282 e. The van der Waals surface area contributed by atoms with Crippen LogP contribution in [0.3, 0.4) is 0 Å². The summed E-state index contributed by atoms with van der Waals surface area (Å²) in [6.45, 7) is 0.458. The van der Waals surface area contributed by atoms with Crippen LogP contribution in [0.4, 0.5) is 5.69 Å². The summed E-state index contributed by atoms with van der Waals surface area (Å²) >= 11 is 5.91. The minimum Gasteiger partial charge on any atom is -0.351 e. The summed E-state index contributed by atoms with van der Waals surface area (Å²) in [5.74, 6) is -0.462. The Morgan fingerprint density at radius 2 is 1.84 bits per heavy atom. The van der Waals surface area contributed by atoms with Crippen LogP contribution >= 0.6 is 11.6 Å². The SMILES string of the molecule is O=C(NCC1(c2ccccc2)CCCC1)c1cc(Cl)ccc1[N+](=O)[O-]. The Morgan fingerprint density at radius 1 is 1.16 bits per heavy atom. The number of benzene rings is 2. The van der Waals surface area contributed by atoms with Crippen LogP contribution in [0.25, 0.3) is 0 Å². The van der Waals surface area contributed by atoms with Gasteiger partial charge in [-0.1, -0.05) is 54.8 Å². The molecule has 25 heavy (non-hydrogen) atoms. The van der Waals surface area contributed by atoms with Gasteiger partial charge in [-0.05, 0) is 30.5 Å². The highest BCUT2D eigenvalue weighted by Crippen LogP contribution is 2.40. The third-order valence-corrected chi connectivity index (χ3v) is 5.17. The zero-order chi connectivity index (χ0) is 17.9. The third-order valence-electron chi connectivity index (χ3n) is 4.93. The lowest BCUT2D eigenvalue weighted by molar-refractivity contribution is -0.385. The van der Waals surface area contributed by atoms with Gasteiger partial charge in [0.2, 0.25) is 0 Å². The second kappa shape index (κ2) is 7.23. The Kier molecular flexibility index (Phi) is 5.04. The van der Waals surface area contributed by atoms with Crippen molar-refractivity contribution < 1.29 is 9.72 Å². The predicted octanol–water partition coefficient (Wildman–Crippen LogP) is 4.49. The highest BCUT2D eigenvalue weighted by atomic mass is 35.5. The molecule has 5 nitrogen and oxygen atoms in total. The lowest BCUT2D eigenvalue weighted by atomic mass is 9.79. The summed E-state index contributed by atoms with van der Waals surface area (Å²) in [6.07, 6.45) is 4.22. The third kappa shape index (κ3) is 3.66. The number of hydrogen-bond donors (Lipinski definition) is 1. The van der Waals surface area contributed by atoms with Crippen LogP contribution in [0.2, 0.25) is 5.02 Å². The first-order valence-electron chi connectivity index (χ1n) is 8.29. The van der Waals surface area contributed by atoms with Gasteiger partial charge in [-0.2, -0.15) is 0 Å². The van der Waals surface area contributed by atoms with Gasteiger partial charge in [0.15, 0.2) is 0 Å². The van der Waals surface area contributed by atoms with Gasteiger partial charge in [-0.25, -0.2) is 0 Å². The van der Waals surface area contributed by atoms with E-state index >= 15 is 0 Å². The summed E-state index contributed by atoms with van der Waals surface area (Å²) in [7, 11) is 0. The molecule has 1 amide bonds. The lowest BCUT2D eigenvalue weighted by Crippen LogP contribution is -2.39. The molecule has 0 bridgehead atoms. The molecule has 0 spiro atoms. The van der Waals surface area contributed by atoms with Crippen molar-refractivity contribution in [3.8, 4) is 0 Å². The average Bonchev–Trinajstić information content (AvgIpc) is 3.10. The van der Waals surface area contributed by atoms with E-state index in [9.17, 15) is 14.9 Å². The van der Waals surface area contributed by atoms with Crippen molar-refractivity contribution in [1.29, 1.82) is 0 Å². The molecule has 0 heterocycles. The van der Waals surface area contributed by atoms with Crippen LogP contribution in [0.15, 0.2) is 48.5 Å². The smallest absolute Gasteiger partial charge is 0.282 e. The van der Waals surface area contributed by atoms with Crippen LogP contribution in [0.1, 0.15) is 41.6 Å². The van der Waals surface area contributed by atoms with Gasteiger partial charge in [0.1, 0.15) is 5.56 Å². The number of carbonyl (C=O) groups is 1. The second-order valence-electron chi connectivity index (χ2n) is 6.45. The van der Waals surface area contributed by atoms with Gasteiger partial charge < -0.3 is 5.32 Å². The summed E-state index contributed by atoms with van der Waals surface area (Å²) < 4.78 is 0. The summed E-state index contributed by atoms with van der Waals surface area (Å²) in [5.41, 5.74) is 0.860. The van der Waals surface area contributed by atoms with Crippen LogP contribution in [-0.4, -0.2) is 17.4 Å². The van der Waals surface area contributed by atoms with Gasteiger partial charge in [0, 0.05) is 23.0 Å². The number of nitro groups is 1. The van der Waals surface area contributed by atoms with E-state index in [4.69, 9.17) is 11.6 Å². The van der Waals surface area contributed by atoms with Crippen molar-refractivity contribution in [3.63, 3.8) is 0 Å². The number of hydrogen-bond acceptors (Lipinski definition) is 3. The predicted molar refractivity (Wildman–Crippen MR) is 97.0 cm³/mol. The average molecular weight is 359 g/mol. The molecule has 6 heteroatoms. The topological polar surface area (TPSA) is 72.2 Å². The first-order valence-corrected chi connectivity index (χ1v) is 8.67. The molecule has 0 radical (unpaired) electrons. The van der Waals surface area contributed by atoms with Crippen LogP contribution in [-0.2, 0) is 5.41 Å². The number of amides is 1. The Bertz CT molecular complexity index is 787. The largest absolute Gasteiger partial charge is 0.351 e. The maximum absolute atomic E-state index is 12.6. The fraction of sp³-hybridized carbons (Fsp3) is 0.316. The molecule has 1 aliphatic rings. The Balaban J connectivity index is 1.82. The monoisotopic (exact) mass is 358 g/mol. The van der Waals surface area contributed by atoms with E-state index < -0.39 is 10.8 Å². The zero-order valence-corrected chi connectivity index (χ0v) is 14.5. The van der Waals surface area contributed by atoms with Crippen LogP contribution < -0.4 is 5.32 Å². The molecule has 2 aromatic carbocycles. The normalized spacial score (nSPS) is 15.7. The molecular weight excluding hydrogens is 340 g/mol. The second-order valence-corrected chi connectivity index (χ2v) is 6.89. The van der Waals surface area contributed by atoms with Crippen molar-refractivity contribution in [2.45, 2.75) is 31.1 Å². The van der Waals surface area contributed by atoms with Crippen molar-refractivity contribution in [1.82, 2.24) is 5.32 Å². The van der Waals surface area contributed by atoms with E-state index in [1.54, 1.807) is 0 Å². The van der Waals surface area contributed by atoms with Gasteiger partial charge >= 0.3 is 0 Å². The first kappa shape index (κ1) is 17.4. The number of nitrogens with one attached hydrogen (secondary N) is 1. The fourth-order valence-corrected chi connectivity index (χ4v) is 3.78. The van der Waals surface area contributed by atoms with Crippen molar-refractivity contribution in [3.05, 3.63) is 74.8 Å². The van der Waals surface area contributed by atoms with E-state index in [2.05, 4.69) is 17.4 Å². The molecule has 1 fully saturated rings. The number of carbonyl (C=O) groups excluding carboxylic acids is 1. The van der Waals surface area contributed by atoms with Gasteiger partial charge in [0.25, 0.3) is 11.6 Å². The van der Waals surface area contributed by atoms with Crippen LogP contribution in [0, 0.1) is 10.1 Å². The molecule has 130 valence electrons.